The molecule has 6 rings (SSSR count). The van der Waals surface area contributed by atoms with Gasteiger partial charge >= 0.3 is 0 Å². The van der Waals surface area contributed by atoms with Gasteiger partial charge in [-0.2, -0.15) is 0 Å². The normalized spacial score (nSPS) is 19.8. The molecular weight excluding hydrogens is 509 g/mol. The zero-order chi connectivity index (χ0) is 22.8. The first-order chi connectivity index (χ1) is 16.8. The molecule has 0 radical (unpaired) electrons. The van der Waals surface area contributed by atoms with E-state index in [0.29, 0.717) is 0 Å². The largest absolute Gasteiger partial charge is 0.375 e. The summed E-state index contributed by atoms with van der Waals surface area (Å²) < 4.78 is 7.45. The molecule has 3 aromatic carbocycles. The highest BCUT2D eigenvalue weighted by Crippen LogP contribution is 2.42. The Bertz CT molecular complexity index is 1230. The number of piperazine rings is 1. The fourth-order valence-electron chi connectivity index (χ4n) is 5.64. The maximum atomic E-state index is 6.17. The Kier molecular flexibility index (Phi) is 8.91. The molecule has 4 aromatic rings. The van der Waals surface area contributed by atoms with Crippen molar-refractivity contribution in [3.63, 3.8) is 0 Å². The third-order valence-electron chi connectivity index (χ3n) is 7.47. The maximum Gasteiger partial charge on any atom is 0.186 e. The summed E-state index contributed by atoms with van der Waals surface area (Å²) in [7, 11) is 0. The van der Waals surface area contributed by atoms with Gasteiger partial charge in [0.25, 0.3) is 0 Å². The minimum Gasteiger partial charge on any atom is -0.375 e. The minimum absolute atomic E-state index is 0. The molecule has 1 unspecified atom stereocenters. The Morgan fingerprint density at radius 3 is 2.36 bits per heavy atom. The first-order valence-corrected chi connectivity index (χ1v) is 13.2. The second kappa shape index (κ2) is 11.9. The van der Waals surface area contributed by atoms with Gasteiger partial charge in [0, 0.05) is 31.6 Å². The standard InChI is InChI=1S/C29H31N3OS.2ClH/c1-2-10-24(11-3-1)29(22-33-21-23-9-4-5-12-25(23)29)15-8-16-31-17-19-32(20-18-31)28-30-26-13-6-7-14-27(26)34-28;;/h1-7,9-14H,8,15-22H2;2*1H. The van der Waals surface area contributed by atoms with E-state index in [9.17, 15) is 0 Å². The van der Waals surface area contributed by atoms with Crippen LogP contribution in [0.2, 0.25) is 0 Å². The average Bonchev–Trinajstić information content (AvgIpc) is 3.34. The molecule has 7 heteroatoms. The molecule has 0 amide bonds. The summed E-state index contributed by atoms with van der Waals surface area (Å²) in [5.41, 5.74) is 5.22. The summed E-state index contributed by atoms with van der Waals surface area (Å²) in [6.45, 7) is 6.91. The SMILES string of the molecule is Cl.Cl.c1ccc(C2(CCCN3CCN(c4nc5ccccc5s4)CC3)COCc3ccccc32)cc1. The van der Waals surface area contributed by atoms with Gasteiger partial charge in [0.1, 0.15) is 0 Å². The number of thiazole rings is 1. The monoisotopic (exact) mass is 541 g/mol. The Balaban J connectivity index is 0.00000152. The summed E-state index contributed by atoms with van der Waals surface area (Å²) in [6, 6.07) is 28.3. The lowest BCUT2D eigenvalue weighted by molar-refractivity contribution is 0.0599. The van der Waals surface area contributed by atoms with Gasteiger partial charge in [-0.05, 0) is 48.2 Å². The molecule has 0 N–H and O–H groups in total. The van der Waals surface area contributed by atoms with Gasteiger partial charge in [0.15, 0.2) is 5.13 Å². The fraction of sp³-hybridized carbons (Fsp3) is 0.345. The van der Waals surface area contributed by atoms with E-state index in [-0.39, 0.29) is 30.2 Å². The lowest BCUT2D eigenvalue weighted by Crippen LogP contribution is -2.47. The number of hydrogen-bond acceptors (Lipinski definition) is 5. The van der Waals surface area contributed by atoms with E-state index in [1.165, 1.54) is 26.5 Å². The van der Waals surface area contributed by atoms with Crippen LogP contribution in [0.25, 0.3) is 10.2 Å². The van der Waals surface area contributed by atoms with E-state index in [0.717, 1.165) is 64.3 Å². The Hall–Kier alpha value is -2.15. The molecule has 36 heavy (non-hydrogen) atoms. The minimum atomic E-state index is -0.0566. The number of aromatic nitrogens is 1. The molecule has 3 heterocycles. The van der Waals surface area contributed by atoms with E-state index >= 15 is 0 Å². The van der Waals surface area contributed by atoms with Crippen molar-refractivity contribution in [2.75, 3.05) is 44.2 Å². The first-order valence-electron chi connectivity index (χ1n) is 12.4. The zero-order valence-corrected chi connectivity index (χ0v) is 22.8. The third-order valence-corrected chi connectivity index (χ3v) is 8.57. The molecule has 2 aliphatic heterocycles. The molecule has 0 aliphatic carbocycles. The number of hydrogen-bond donors (Lipinski definition) is 0. The van der Waals surface area contributed by atoms with Crippen LogP contribution >= 0.6 is 36.2 Å². The van der Waals surface area contributed by atoms with Gasteiger partial charge < -0.3 is 9.64 Å². The van der Waals surface area contributed by atoms with E-state index in [4.69, 9.17) is 9.72 Å². The average molecular weight is 543 g/mol. The van der Waals surface area contributed by atoms with Crippen molar-refractivity contribution in [3.05, 3.63) is 95.6 Å². The molecule has 1 fully saturated rings. The first kappa shape index (κ1) is 26.9. The van der Waals surface area contributed by atoms with Crippen molar-refractivity contribution in [2.45, 2.75) is 24.9 Å². The number of nitrogens with zero attached hydrogens (tertiary/aromatic N) is 3. The number of fused-ring (bicyclic) bond motifs is 2. The number of ether oxygens (including phenoxy) is 1. The lowest BCUT2D eigenvalue weighted by Gasteiger charge is -2.41. The molecule has 4 nitrogen and oxygen atoms in total. The number of rotatable bonds is 6. The van der Waals surface area contributed by atoms with Crippen LogP contribution in [0, 0.1) is 0 Å². The van der Waals surface area contributed by atoms with Crippen LogP contribution in [-0.2, 0) is 16.8 Å². The quantitative estimate of drug-likeness (QED) is 0.276. The molecule has 2 aliphatic rings. The van der Waals surface area contributed by atoms with Crippen LogP contribution in [0.4, 0.5) is 5.13 Å². The molecule has 1 aromatic heterocycles. The summed E-state index contributed by atoms with van der Waals surface area (Å²) in [4.78, 5) is 9.94. The van der Waals surface area contributed by atoms with Crippen LogP contribution in [0.5, 0.6) is 0 Å². The Morgan fingerprint density at radius 1 is 0.833 bits per heavy atom. The predicted octanol–water partition coefficient (Wildman–Crippen LogP) is 6.56. The molecule has 1 saturated heterocycles. The smallest absolute Gasteiger partial charge is 0.186 e. The van der Waals surface area contributed by atoms with Gasteiger partial charge in [-0.1, -0.05) is 78.1 Å². The van der Waals surface area contributed by atoms with Crippen LogP contribution < -0.4 is 4.90 Å². The van der Waals surface area contributed by atoms with Crippen LogP contribution in [-0.4, -0.2) is 49.2 Å². The van der Waals surface area contributed by atoms with Gasteiger partial charge in [0.2, 0.25) is 0 Å². The summed E-state index contributed by atoms with van der Waals surface area (Å²) in [6.07, 6.45) is 2.26. The number of halogens is 2. The maximum absolute atomic E-state index is 6.17. The van der Waals surface area contributed by atoms with Crippen molar-refractivity contribution < 1.29 is 4.74 Å². The van der Waals surface area contributed by atoms with Crippen LogP contribution in [0.1, 0.15) is 29.5 Å². The highest BCUT2D eigenvalue weighted by Gasteiger charge is 2.38. The van der Waals surface area contributed by atoms with Crippen LogP contribution in [0.3, 0.4) is 0 Å². The molecule has 190 valence electrons. The molecule has 0 spiro atoms. The Labute approximate surface area is 230 Å². The predicted molar refractivity (Wildman–Crippen MR) is 155 cm³/mol. The summed E-state index contributed by atoms with van der Waals surface area (Å²) in [5.74, 6) is 0. The van der Waals surface area contributed by atoms with Crippen molar-refractivity contribution in [1.29, 1.82) is 0 Å². The fourth-order valence-corrected chi connectivity index (χ4v) is 6.65. The van der Waals surface area contributed by atoms with Crippen molar-refractivity contribution in [1.82, 2.24) is 9.88 Å². The van der Waals surface area contributed by atoms with Crippen molar-refractivity contribution >= 4 is 51.5 Å². The van der Waals surface area contributed by atoms with Gasteiger partial charge in [-0.15, -0.1) is 24.8 Å². The van der Waals surface area contributed by atoms with E-state index in [1.54, 1.807) is 0 Å². The van der Waals surface area contributed by atoms with Crippen molar-refractivity contribution in [2.24, 2.45) is 0 Å². The topological polar surface area (TPSA) is 28.6 Å². The van der Waals surface area contributed by atoms with Gasteiger partial charge in [0.05, 0.1) is 23.4 Å². The molecular formula is C29H33Cl2N3OS. The second-order valence-corrected chi connectivity index (χ2v) is 10.5. The second-order valence-electron chi connectivity index (χ2n) is 9.49. The van der Waals surface area contributed by atoms with Crippen molar-refractivity contribution in [3.8, 4) is 0 Å². The summed E-state index contributed by atoms with van der Waals surface area (Å²) in [5, 5.41) is 1.17. The molecule has 0 bridgehead atoms. The van der Waals surface area contributed by atoms with Gasteiger partial charge in [-0.25, -0.2) is 4.98 Å². The molecule has 1 atom stereocenters. The number of benzene rings is 3. The van der Waals surface area contributed by atoms with Crippen LogP contribution in [0.15, 0.2) is 78.9 Å². The van der Waals surface area contributed by atoms with E-state index in [2.05, 4.69) is 88.7 Å². The highest BCUT2D eigenvalue weighted by atomic mass is 35.5. The van der Waals surface area contributed by atoms with E-state index in [1.807, 2.05) is 11.3 Å². The molecule has 0 saturated carbocycles. The lowest BCUT2D eigenvalue weighted by atomic mass is 9.69. The van der Waals surface area contributed by atoms with Gasteiger partial charge in [-0.3, -0.25) is 4.90 Å². The Morgan fingerprint density at radius 2 is 1.56 bits per heavy atom. The number of para-hydroxylation sites is 1. The van der Waals surface area contributed by atoms with E-state index < -0.39 is 0 Å². The summed E-state index contributed by atoms with van der Waals surface area (Å²) >= 11 is 1.81. The zero-order valence-electron chi connectivity index (χ0n) is 20.3. The highest BCUT2D eigenvalue weighted by molar-refractivity contribution is 7.22. The number of anilines is 1. The third kappa shape index (κ3) is 5.27.